The summed E-state index contributed by atoms with van der Waals surface area (Å²) in [5, 5.41) is 13.0. The molecule has 1 aromatic heterocycles. The molecule has 2 aromatic carbocycles. The number of aromatic nitrogens is 1. The van der Waals surface area contributed by atoms with Crippen molar-refractivity contribution >= 4 is 46.2 Å². The van der Waals surface area contributed by atoms with Crippen molar-refractivity contribution in [1.29, 1.82) is 5.26 Å². The zero-order chi connectivity index (χ0) is 18.7. The maximum Gasteiger partial charge on any atom is 0.144 e. The van der Waals surface area contributed by atoms with Gasteiger partial charge in [0.2, 0.25) is 0 Å². The van der Waals surface area contributed by atoms with Crippen LogP contribution in [0.25, 0.3) is 22.9 Å². The average molecular weight is 401 g/mol. The van der Waals surface area contributed by atoms with E-state index in [1.807, 2.05) is 36.6 Å². The molecular formula is C20H14Cl2N2OS. The molecule has 0 N–H and O–H groups in total. The predicted octanol–water partition coefficient (Wildman–Crippen LogP) is 6.50. The van der Waals surface area contributed by atoms with Crippen molar-refractivity contribution < 1.29 is 4.74 Å². The van der Waals surface area contributed by atoms with Crippen molar-refractivity contribution in [2.75, 3.05) is 7.11 Å². The Labute approximate surface area is 166 Å². The van der Waals surface area contributed by atoms with Crippen LogP contribution in [-0.2, 0) is 0 Å². The molecule has 0 fully saturated rings. The van der Waals surface area contributed by atoms with Gasteiger partial charge in [-0.1, -0.05) is 53.0 Å². The molecule has 0 amide bonds. The van der Waals surface area contributed by atoms with Crippen LogP contribution < -0.4 is 4.74 Å². The quantitative estimate of drug-likeness (QED) is 0.469. The molecule has 1 heterocycles. The van der Waals surface area contributed by atoms with Gasteiger partial charge in [0.1, 0.15) is 16.8 Å². The number of ether oxygens (including phenoxy) is 1. The van der Waals surface area contributed by atoms with Gasteiger partial charge in [-0.3, -0.25) is 0 Å². The highest BCUT2D eigenvalue weighted by molar-refractivity contribution is 7.11. The molecule has 0 spiro atoms. The molecule has 26 heavy (non-hydrogen) atoms. The highest BCUT2D eigenvalue weighted by Crippen LogP contribution is 2.35. The van der Waals surface area contributed by atoms with Crippen LogP contribution in [0.2, 0.25) is 10.0 Å². The molecule has 0 atom stereocenters. The molecule has 0 unspecified atom stereocenters. The summed E-state index contributed by atoms with van der Waals surface area (Å²) in [7, 11) is 1.53. The van der Waals surface area contributed by atoms with Gasteiger partial charge in [0, 0.05) is 21.5 Å². The molecule has 3 nitrogen and oxygen atoms in total. The lowest BCUT2D eigenvalue weighted by Gasteiger charge is -2.08. The highest BCUT2D eigenvalue weighted by Gasteiger charge is 2.13. The summed E-state index contributed by atoms with van der Waals surface area (Å²) >= 11 is 13.7. The maximum absolute atomic E-state index is 9.60. The third kappa shape index (κ3) is 3.91. The fourth-order valence-electron chi connectivity index (χ4n) is 2.45. The molecule has 3 aromatic rings. The lowest BCUT2D eigenvalue weighted by Crippen LogP contribution is -1.90. The van der Waals surface area contributed by atoms with Crippen molar-refractivity contribution in [3.63, 3.8) is 0 Å². The summed E-state index contributed by atoms with van der Waals surface area (Å²) in [5.41, 5.74) is 4.09. The number of rotatable bonds is 4. The third-order valence-corrected chi connectivity index (χ3v) is 5.12. The average Bonchev–Trinajstić information content (AvgIpc) is 3.09. The van der Waals surface area contributed by atoms with Crippen LogP contribution in [0.5, 0.6) is 5.75 Å². The Balaban J connectivity index is 2.02. The van der Waals surface area contributed by atoms with Gasteiger partial charge in [0.15, 0.2) is 0 Å². The Morgan fingerprint density at radius 3 is 2.62 bits per heavy atom. The summed E-state index contributed by atoms with van der Waals surface area (Å²) in [6.45, 7) is 2.04. The van der Waals surface area contributed by atoms with Gasteiger partial charge in [0.25, 0.3) is 0 Å². The van der Waals surface area contributed by atoms with Gasteiger partial charge >= 0.3 is 0 Å². The lowest BCUT2D eigenvalue weighted by molar-refractivity contribution is 0.414. The first-order chi connectivity index (χ1) is 12.5. The minimum atomic E-state index is 0.392. The fraction of sp³-hybridized carbons (Fsp3) is 0.100. The van der Waals surface area contributed by atoms with E-state index in [1.165, 1.54) is 24.0 Å². The molecule has 0 saturated carbocycles. The van der Waals surface area contributed by atoms with E-state index in [4.69, 9.17) is 27.9 Å². The van der Waals surface area contributed by atoms with Crippen LogP contribution in [-0.4, -0.2) is 12.1 Å². The number of aryl methyl sites for hydroxylation is 1. The molecule has 0 aliphatic carbocycles. The van der Waals surface area contributed by atoms with Crippen molar-refractivity contribution in [2.45, 2.75) is 6.92 Å². The van der Waals surface area contributed by atoms with E-state index in [-0.39, 0.29) is 0 Å². The van der Waals surface area contributed by atoms with Gasteiger partial charge < -0.3 is 4.74 Å². The van der Waals surface area contributed by atoms with E-state index in [2.05, 4.69) is 11.1 Å². The van der Waals surface area contributed by atoms with Gasteiger partial charge in [0.05, 0.1) is 23.4 Å². The number of allylic oxidation sites excluding steroid dienone is 1. The van der Waals surface area contributed by atoms with Crippen molar-refractivity contribution in [1.82, 2.24) is 4.98 Å². The number of methoxy groups -OCH3 is 1. The Hall–Kier alpha value is -2.32. The van der Waals surface area contributed by atoms with E-state index < -0.39 is 0 Å². The van der Waals surface area contributed by atoms with Crippen molar-refractivity contribution in [3.05, 3.63) is 68.0 Å². The second-order valence-electron chi connectivity index (χ2n) is 5.58. The molecule has 130 valence electrons. The second kappa shape index (κ2) is 7.92. The minimum Gasteiger partial charge on any atom is -0.495 e. The summed E-state index contributed by atoms with van der Waals surface area (Å²) in [4.78, 5) is 4.60. The molecule has 3 rings (SSSR count). The number of hydrogen-bond acceptors (Lipinski definition) is 4. The number of thiazole rings is 1. The van der Waals surface area contributed by atoms with Gasteiger partial charge in [-0.05, 0) is 25.1 Å². The number of halogens is 2. The monoisotopic (exact) mass is 400 g/mol. The predicted molar refractivity (Wildman–Crippen MR) is 109 cm³/mol. The zero-order valence-electron chi connectivity index (χ0n) is 14.1. The van der Waals surface area contributed by atoms with Crippen LogP contribution in [0.3, 0.4) is 0 Å². The summed E-state index contributed by atoms with van der Waals surface area (Å²) in [5.74, 6) is 0.471. The first kappa shape index (κ1) is 18.5. The number of benzene rings is 2. The standard InChI is InChI=1S/C20H14Cl2N2OS/c1-12-3-5-13(6-4-12)18-11-26-20(24-18)15(10-23)7-14-8-16(21)9-17(22)19(14)25-2/h3-9,11H,1-2H3/b15-7+. The third-order valence-electron chi connectivity index (χ3n) is 3.74. The molecule has 0 saturated heterocycles. The van der Waals surface area contributed by atoms with Crippen LogP contribution in [0.15, 0.2) is 41.8 Å². The molecule has 6 heteroatoms. The van der Waals surface area contributed by atoms with Crippen LogP contribution in [0, 0.1) is 18.3 Å². The number of nitrogens with zero attached hydrogens (tertiary/aromatic N) is 2. The minimum absolute atomic E-state index is 0.392. The topological polar surface area (TPSA) is 45.9 Å². The van der Waals surface area contributed by atoms with Crippen LogP contribution in [0.4, 0.5) is 0 Å². The molecular weight excluding hydrogens is 387 g/mol. The summed E-state index contributed by atoms with van der Waals surface area (Å²) < 4.78 is 5.34. The molecule has 0 bridgehead atoms. The van der Waals surface area contributed by atoms with E-state index in [0.717, 1.165) is 11.3 Å². The van der Waals surface area contributed by atoms with E-state index >= 15 is 0 Å². The highest BCUT2D eigenvalue weighted by atomic mass is 35.5. The first-order valence-corrected chi connectivity index (χ1v) is 9.33. The molecule has 0 radical (unpaired) electrons. The van der Waals surface area contributed by atoms with E-state index in [9.17, 15) is 5.26 Å². The van der Waals surface area contributed by atoms with E-state index in [1.54, 1.807) is 18.2 Å². The second-order valence-corrected chi connectivity index (χ2v) is 7.29. The van der Waals surface area contributed by atoms with Gasteiger partial charge in [-0.2, -0.15) is 5.26 Å². The SMILES string of the molecule is COc1c(Cl)cc(Cl)cc1/C=C(\C#N)c1nc(-c2ccc(C)cc2)cs1. The molecule has 0 aliphatic rings. The van der Waals surface area contributed by atoms with Gasteiger partial charge in [-0.25, -0.2) is 4.98 Å². The Morgan fingerprint density at radius 2 is 1.96 bits per heavy atom. The Bertz CT molecular complexity index is 1020. The fourth-order valence-corrected chi connectivity index (χ4v) is 3.84. The number of hydrogen-bond donors (Lipinski definition) is 0. The van der Waals surface area contributed by atoms with Crippen molar-refractivity contribution in [3.8, 4) is 23.1 Å². The largest absolute Gasteiger partial charge is 0.495 e. The Morgan fingerprint density at radius 1 is 1.23 bits per heavy atom. The number of nitriles is 1. The maximum atomic E-state index is 9.60. The smallest absolute Gasteiger partial charge is 0.144 e. The first-order valence-electron chi connectivity index (χ1n) is 7.69. The van der Waals surface area contributed by atoms with Crippen LogP contribution >= 0.6 is 34.5 Å². The molecule has 0 aliphatic heterocycles. The van der Waals surface area contributed by atoms with E-state index in [0.29, 0.717) is 31.9 Å². The Kier molecular flexibility index (Phi) is 5.63. The summed E-state index contributed by atoms with van der Waals surface area (Å²) in [6.07, 6.45) is 1.69. The lowest BCUT2D eigenvalue weighted by atomic mass is 10.1. The zero-order valence-corrected chi connectivity index (χ0v) is 16.4. The summed E-state index contributed by atoms with van der Waals surface area (Å²) in [6, 6.07) is 13.6. The normalized spacial score (nSPS) is 11.3. The van der Waals surface area contributed by atoms with Gasteiger partial charge in [-0.15, -0.1) is 11.3 Å². The van der Waals surface area contributed by atoms with Crippen molar-refractivity contribution in [2.24, 2.45) is 0 Å². The van der Waals surface area contributed by atoms with Crippen LogP contribution in [0.1, 0.15) is 16.1 Å².